The van der Waals surface area contributed by atoms with Crippen LogP contribution in [0.25, 0.3) is 5.69 Å². The first kappa shape index (κ1) is 16.1. The molecule has 8 heteroatoms. The third kappa shape index (κ3) is 3.75. The van der Waals surface area contributed by atoms with Gasteiger partial charge in [-0.25, -0.2) is 9.07 Å². The predicted octanol–water partition coefficient (Wildman–Crippen LogP) is 2.31. The van der Waals surface area contributed by atoms with Crippen LogP contribution in [-0.2, 0) is 17.8 Å². The molecule has 0 radical (unpaired) electrons. The number of nitrogens with one attached hydrogen (secondary N) is 1. The van der Waals surface area contributed by atoms with Crippen molar-refractivity contribution in [2.45, 2.75) is 13.0 Å². The molecule has 2 heterocycles. The molecule has 1 N–H and O–H groups in total. The molecule has 122 valence electrons. The summed E-state index contributed by atoms with van der Waals surface area (Å²) in [5, 5.41) is 10.8. The highest BCUT2D eigenvalue weighted by molar-refractivity contribution is 6.31. The number of hydrogen-bond donors (Lipinski definition) is 1. The molecule has 2 aromatic heterocycles. The van der Waals surface area contributed by atoms with Crippen molar-refractivity contribution >= 4 is 17.5 Å². The van der Waals surface area contributed by atoms with Crippen LogP contribution < -0.4 is 5.32 Å². The van der Waals surface area contributed by atoms with Crippen molar-refractivity contribution in [1.29, 1.82) is 0 Å². The van der Waals surface area contributed by atoms with Gasteiger partial charge in [0.1, 0.15) is 11.5 Å². The summed E-state index contributed by atoms with van der Waals surface area (Å²) >= 11 is 5.91. The second-order valence-corrected chi connectivity index (χ2v) is 5.43. The quantitative estimate of drug-likeness (QED) is 0.770. The minimum atomic E-state index is -0.500. The van der Waals surface area contributed by atoms with Crippen LogP contribution in [0.15, 0.2) is 48.9 Å². The van der Waals surface area contributed by atoms with Gasteiger partial charge in [-0.05, 0) is 24.3 Å². The molecule has 3 aromatic rings. The summed E-state index contributed by atoms with van der Waals surface area (Å²) in [4.78, 5) is 16.0. The Balaban J connectivity index is 1.60. The van der Waals surface area contributed by atoms with E-state index in [1.54, 1.807) is 35.4 Å². The number of amides is 1. The Labute approximate surface area is 142 Å². The number of rotatable bonds is 5. The smallest absolute Gasteiger partial charge is 0.224 e. The molecule has 1 amide bonds. The molecule has 3 rings (SSSR count). The van der Waals surface area contributed by atoms with Gasteiger partial charge in [-0.15, -0.1) is 5.10 Å². The fourth-order valence-electron chi connectivity index (χ4n) is 2.11. The second kappa shape index (κ2) is 7.18. The first-order valence-corrected chi connectivity index (χ1v) is 7.52. The van der Waals surface area contributed by atoms with Gasteiger partial charge in [-0.3, -0.25) is 9.78 Å². The third-order valence-electron chi connectivity index (χ3n) is 3.32. The molecule has 6 nitrogen and oxygen atoms in total. The summed E-state index contributed by atoms with van der Waals surface area (Å²) in [6, 6.07) is 7.94. The SMILES string of the molecule is O=C(Cc1c(F)cccc1Cl)NCc1cn(-c2cccnc2)nn1. The number of benzene rings is 1. The van der Waals surface area contributed by atoms with Crippen LogP contribution in [0, 0.1) is 5.82 Å². The topological polar surface area (TPSA) is 72.7 Å². The van der Waals surface area contributed by atoms with Crippen molar-refractivity contribution in [3.8, 4) is 5.69 Å². The molecule has 24 heavy (non-hydrogen) atoms. The lowest BCUT2D eigenvalue weighted by Gasteiger charge is -2.06. The van der Waals surface area contributed by atoms with Crippen LogP contribution in [-0.4, -0.2) is 25.9 Å². The number of carbonyl (C=O) groups excluding carboxylic acids is 1. The molecule has 0 bridgehead atoms. The molecular weight excluding hydrogens is 333 g/mol. The van der Waals surface area contributed by atoms with Crippen molar-refractivity contribution in [2.75, 3.05) is 0 Å². The van der Waals surface area contributed by atoms with Crippen molar-refractivity contribution in [1.82, 2.24) is 25.3 Å². The lowest BCUT2D eigenvalue weighted by Crippen LogP contribution is -2.25. The number of halogens is 2. The number of nitrogens with zero attached hydrogens (tertiary/aromatic N) is 4. The van der Waals surface area contributed by atoms with E-state index in [2.05, 4.69) is 20.6 Å². The molecule has 0 aliphatic heterocycles. The zero-order valence-corrected chi connectivity index (χ0v) is 13.2. The summed E-state index contributed by atoms with van der Waals surface area (Å²) in [6.45, 7) is 0.186. The van der Waals surface area contributed by atoms with Gasteiger partial charge in [-0.2, -0.15) is 0 Å². The van der Waals surface area contributed by atoms with Crippen LogP contribution in [0.1, 0.15) is 11.3 Å². The molecule has 0 aliphatic carbocycles. The largest absolute Gasteiger partial charge is 0.350 e. The molecule has 1 aromatic carbocycles. The Bertz CT molecular complexity index is 832. The van der Waals surface area contributed by atoms with Crippen LogP contribution in [0.4, 0.5) is 4.39 Å². The normalized spacial score (nSPS) is 10.6. The Morgan fingerprint density at radius 1 is 1.29 bits per heavy atom. The van der Waals surface area contributed by atoms with E-state index < -0.39 is 5.82 Å². The van der Waals surface area contributed by atoms with Crippen molar-refractivity contribution in [3.63, 3.8) is 0 Å². The van der Waals surface area contributed by atoms with Crippen LogP contribution in [0.3, 0.4) is 0 Å². The molecule has 0 saturated heterocycles. The lowest BCUT2D eigenvalue weighted by molar-refractivity contribution is -0.120. The monoisotopic (exact) mass is 345 g/mol. The van der Waals surface area contributed by atoms with Crippen molar-refractivity contribution in [2.24, 2.45) is 0 Å². The highest BCUT2D eigenvalue weighted by atomic mass is 35.5. The number of hydrogen-bond acceptors (Lipinski definition) is 4. The summed E-state index contributed by atoms with van der Waals surface area (Å²) < 4.78 is 15.2. The molecule has 0 unspecified atom stereocenters. The fourth-order valence-corrected chi connectivity index (χ4v) is 2.34. The molecule has 0 saturated carbocycles. The van der Waals surface area contributed by atoms with E-state index in [0.29, 0.717) is 5.69 Å². The molecular formula is C16H13ClFN5O. The summed E-state index contributed by atoms with van der Waals surface area (Å²) in [5.74, 6) is -0.849. The molecule has 0 fully saturated rings. The van der Waals surface area contributed by atoms with E-state index in [0.717, 1.165) is 5.69 Å². The van der Waals surface area contributed by atoms with E-state index in [-0.39, 0.29) is 29.5 Å². The fraction of sp³-hybridized carbons (Fsp3) is 0.125. The lowest BCUT2D eigenvalue weighted by atomic mass is 10.1. The summed E-state index contributed by atoms with van der Waals surface area (Å²) in [6.07, 6.45) is 4.86. The zero-order chi connectivity index (χ0) is 16.9. The zero-order valence-electron chi connectivity index (χ0n) is 12.5. The van der Waals surface area contributed by atoms with Gasteiger partial charge in [0, 0.05) is 16.8 Å². The average Bonchev–Trinajstić information content (AvgIpc) is 3.06. The predicted molar refractivity (Wildman–Crippen MR) is 86.1 cm³/mol. The van der Waals surface area contributed by atoms with Gasteiger partial charge in [-0.1, -0.05) is 22.9 Å². The van der Waals surface area contributed by atoms with E-state index in [9.17, 15) is 9.18 Å². The van der Waals surface area contributed by atoms with Gasteiger partial charge >= 0.3 is 0 Å². The number of pyridine rings is 1. The van der Waals surface area contributed by atoms with Crippen LogP contribution >= 0.6 is 11.6 Å². The highest BCUT2D eigenvalue weighted by Crippen LogP contribution is 2.19. The highest BCUT2D eigenvalue weighted by Gasteiger charge is 2.12. The maximum atomic E-state index is 13.7. The van der Waals surface area contributed by atoms with E-state index in [4.69, 9.17) is 11.6 Å². The number of aromatic nitrogens is 4. The minimum Gasteiger partial charge on any atom is -0.350 e. The van der Waals surface area contributed by atoms with E-state index >= 15 is 0 Å². The summed E-state index contributed by atoms with van der Waals surface area (Å²) in [5.41, 5.74) is 1.52. The molecule has 0 aliphatic rings. The Morgan fingerprint density at radius 2 is 2.17 bits per heavy atom. The minimum absolute atomic E-state index is 0.137. The van der Waals surface area contributed by atoms with E-state index in [1.807, 2.05) is 6.07 Å². The van der Waals surface area contributed by atoms with Crippen LogP contribution in [0.2, 0.25) is 5.02 Å². The maximum absolute atomic E-state index is 13.7. The van der Waals surface area contributed by atoms with Gasteiger partial charge in [0.25, 0.3) is 0 Å². The van der Waals surface area contributed by atoms with E-state index in [1.165, 1.54) is 12.1 Å². The van der Waals surface area contributed by atoms with Crippen molar-refractivity contribution in [3.05, 3.63) is 71.0 Å². The second-order valence-electron chi connectivity index (χ2n) is 5.02. The van der Waals surface area contributed by atoms with Crippen molar-refractivity contribution < 1.29 is 9.18 Å². The maximum Gasteiger partial charge on any atom is 0.224 e. The Kier molecular flexibility index (Phi) is 4.81. The van der Waals surface area contributed by atoms with Crippen LogP contribution in [0.5, 0.6) is 0 Å². The van der Waals surface area contributed by atoms with Gasteiger partial charge in [0.2, 0.25) is 5.91 Å². The Morgan fingerprint density at radius 3 is 2.92 bits per heavy atom. The molecule has 0 spiro atoms. The van der Waals surface area contributed by atoms with Gasteiger partial charge in [0.15, 0.2) is 0 Å². The Hall–Kier alpha value is -2.80. The standard InChI is InChI=1S/C16H13ClFN5O/c17-14-4-1-5-15(18)13(14)7-16(24)20-8-11-10-23(22-21-11)12-3-2-6-19-9-12/h1-6,9-10H,7-8H2,(H,20,24). The molecule has 0 atom stereocenters. The average molecular weight is 346 g/mol. The first-order chi connectivity index (χ1) is 11.6. The van der Waals surface area contributed by atoms with Gasteiger partial charge in [0.05, 0.1) is 31.0 Å². The number of carbonyl (C=O) groups is 1. The summed E-state index contributed by atoms with van der Waals surface area (Å²) in [7, 11) is 0. The first-order valence-electron chi connectivity index (χ1n) is 7.14. The van der Waals surface area contributed by atoms with Gasteiger partial charge < -0.3 is 5.32 Å². The third-order valence-corrected chi connectivity index (χ3v) is 3.67.